The van der Waals surface area contributed by atoms with Crippen molar-refractivity contribution in [3.63, 3.8) is 0 Å². The Balaban J connectivity index is 0.000000169. The van der Waals surface area contributed by atoms with Crippen molar-refractivity contribution in [3.05, 3.63) is 113 Å². The van der Waals surface area contributed by atoms with Crippen LogP contribution in [0.1, 0.15) is 74.6 Å². The molecular weight excluding hydrogens is 792 g/mol. The molecule has 8 rings (SSSR count). The Kier molecular flexibility index (Phi) is 17.6. The molecule has 2 atom stereocenters. The van der Waals surface area contributed by atoms with Gasteiger partial charge in [0.1, 0.15) is 0 Å². The number of rotatable bonds is 14. The number of nitrogens with zero attached hydrogens (tertiary/aromatic N) is 8. The van der Waals surface area contributed by atoms with E-state index in [4.69, 9.17) is 36.3 Å². The Morgan fingerprint density at radius 1 is 0.721 bits per heavy atom. The van der Waals surface area contributed by atoms with Gasteiger partial charge in [-0.15, -0.1) is 0 Å². The van der Waals surface area contributed by atoms with Gasteiger partial charge in [0.2, 0.25) is 11.2 Å². The smallest absolute Gasteiger partial charge is 0.227 e. The summed E-state index contributed by atoms with van der Waals surface area (Å²) in [5.41, 5.74) is 16.3. The first-order valence-electron chi connectivity index (χ1n) is 21.3. The van der Waals surface area contributed by atoms with E-state index in [1.54, 1.807) is 35.7 Å². The molecule has 4 aromatic heterocycles. The summed E-state index contributed by atoms with van der Waals surface area (Å²) in [4.78, 5) is 17.1. The average Bonchev–Trinajstić information content (AvgIpc) is 3.92. The lowest BCUT2D eigenvalue weighted by Gasteiger charge is -2.22. The monoisotopic (exact) mass is 850 g/mol. The molecule has 0 aliphatic carbocycles. The van der Waals surface area contributed by atoms with E-state index < -0.39 is 0 Å². The number of hydrogen-bond donors (Lipinski definition) is 2. The van der Waals surface area contributed by atoms with Gasteiger partial charge in [-0.3, -0.25) is 9.36 Å². The van der Waals surface area contributed by atoms with Crippen molar-refractivity contribution in [2.75, 3.05) is 37.5 Å². The molecule has 14 nitrogen and oxygen atoms in total. The molecule has 2 aliphatic rings. The number of nitrogen functional groups attached to an aromatic ring is 1. The minimum Gasteiger partial charge on any atom is -0.396 e. The Morgan fingerprint density at radius 3 is 1.79 bits per heavy atom. The van der Waals surface area contributed by atoms with Crippen molar-refractivity contribution in [3.8, 4) is 22.5 Å². The van der Waals surface area contributed by atoms with Crippen LogP contribution in [0.2, 0.25) is 5.28 Å². The van der Waals surface area contributed by atoms with Crippen molar-refractivity contribution in [2.24, 2.45) is 0 Å². The molecule has 2 fully saturated rings. The van der Waals surface area contributed by atoms with E-state index in [0.717, 1.165) is 86.5 Å². The lowest BCUT2D eigenvalue weighted by molar-refractivity contribution is -0.164. The number of benzene rings is 2. The Bertz CT molecular complexity index is 2240. The van der Waals surface area contributed by atoms with Gasteiger partial charge in [-0.25, -0.2) is 19.9 Å². The van der Waals surface area contributed by atoms with Gasteiger partial charge in [0.25, 0.3) is 0 Å². The summed E-state index contributed by atoms with van der Waals surface area (Å²) in [6.07, 6.45) is 19.2. The highest BCUT2D eigenvalue weighted by atomic mass is 35.5. The number of nitrogens with two attached hydrogens (primary N) is 1. The SMILES string of the molecule is CCc1ccc(-c2ccnc(Cl)n2)cc1C.CCc1ccc(-c2ccnc(Nc3cnn(CCOC4CCCCO4)c3)n2)cc1C.Nc1cnn(CCOC2CCCCO2)c1. The van der Waals surface area contributed by atoms with E-state index in [0.29, 0.717) is 31.4 Å². The van der Waals surface area contributed by atoms with Gasteiger partial charge in [-0.1, -0.05) is 38.1 Å². The molecule has 3 N–H and O–H groups in total. The fraction of sp³-hybridized carbons (Fsp3) is 0.435. The van der Waals surface area contributed by atoms with Crippen LogP contribution in [-0.4, -0.2) is 78.5 Å². The number of halogens is 1. The van der Waals surface area contributed by atoms with Gasteiger partial charge < -0.3 is 30.0 Å². The third-order valence-electron chi connectivity index (χ3n) is 10.4. The summed E-state index contributed by atoms with van der Waals surface area (Å²) in [5, 5.41) is 12.0. The van der Waals surface area contributed by atoms with Crippen molar-refractivity contribution in [2.45, 2.75) is 105 Å². The van der Waals surface area contributed by atoms with Crippen LogP contribution in [0.5, 0.6) is 0 Å². The normalized spacial score (nSPS) is 16.2. The average molecular weight is 851 g/mol. The summed E-state index contributed by atoms with van der Waals surface area (Å²) in [7, 11) is 0. The number of nitrogens with one attached hydrogen (secondary N) is 1. The number of aromatic nitrogens is 8. The fourth-order valence-electron chi connectivity index (χ4n) is 7.00. The Hall–Kier alpha value is -5.25. The molecule has 15 heteroatoms. The second-order valence-corrected chi connectivity index (χ2v) is 15.3. The number of anilines is 3. The van der Waals surface area contributed by atoms with Gasteiger partial charge in [0, 0.05) is 49.1 Å². The molecule has 2 aliphatic heterocycles. The zero-order valence-electron chi connectivity index (χ0n) is 35.8. The van der Waals surface area contributed by atoms with E-state index in [9.17, 15) is 0 Å². The molecule has 2 unspecified atom stereocenters. The molecule has 0 bridgehead atoms. The number of aryl methyl sites for hydroxylation is 4. The first-order valence-corrected chi connectivity index (χ1v) is 21.7. The maximum Gasteiger partial charge on any atom is 0.227 e. The van der Waals surface area contributed by atoms with E-state index in [2.05, 4.69) is 99.5 Å². The molecule has 0 radical (unpaired) electrons. The van der Waals surface area contributed by atoms with Gasteiger partial charge in [0.15, 0.2) is 12.6 Å². The van der Waals surface area contributed by atoms with E-state index in [1.165, 1.54) is 35.1 Å². The predicted molar refractivity (Wildman–Crippen MR) is 239 cm³/mol. The molecule has 0 saturated carbocycles. The summed E-state index contributed by atoms with van der Waals surface area (Å²) < 4.78 is 26.0. The van der Waals surface area contributed by atoms with Crippen LogP contribution in [0.3, 0.4) is 0 Å². The van der Waals surface area contributed by atoms with Gasteiger partial charge in [-0.2, -0.15) is 10.2 Å². The molecule has 324 valence electrons. The van der Waals surface area contributed by atoms with Crippen molar-refractivity contribution in [1.82, 2.24) is 39.5 Å². The van der Waals surface area contributed by atoms with E-state index in [1.807, 2.05) is 23.0 Å². The summed E-state index contributed by atoms with van der Waals surface area (Å²) in [6, 6.07) is 16.6. The standard InChI is InChI=1S/C23H29N5O2.C13H13ClN2.C10H17N3O2/c1-3-18-7-8-19(14-17(18)2)21-9-10-24-23(27-21)26-20-15-25-28(16-20)11-13-30-22-6-4-5-12-29-22;1-3-10-4-5-11(8-9(10)2)12-6-7-15-13(14)16-12;11-9-7-12-13(8-9)4-6-15-10-3-1-2-5-14-10/h7-10,14-16,22H,3-6,11-13H2,1-2H3,(H,24,26,27);4-8H,3H2,1-2H3;7-8,10H,1-6,11H2. The van der Waals surface area contributed by atoms with Crippen molar-refractivity contribution < 1.29 is 18.9 Å². The Morgan fingerprint density at radius 2 is 1.28 bits per heavy atom. The zero-order valence-corrected chi connectivity index (χ0v) is 36.6. The van der Waals surface area contributed by atoms with Crippen LogP contribution in [0.25, 0.3) is 22.5 Å². The van der Waals surface area contributed by atoms with Gasteiger partial charge >= 0.3 is 0 Å². The fourth-order valence-corrected chi connectivity index (χ4v) is 7.15. The number of hydrogen-bond acceptors (Lipinski definition) is 12. The van der Waals surface area contributed by atoms with Crippen LogP contribution < -0.4 is 11.1 Å². The lowest BCUT2D eigenvalue weighted by Crippen LogP contribution is -2.24. The summed E-state index contributed by atoms with van der Waals surface area (Å²) >= 11 is 5.77. The Labute approximate surface area is 364 Å². The summed E-state index contributed by atoms with van der Waals surface area (Å²) in [5.74, 6) is 0.552. The molecule has 6 heterocycles. The molecular formula is C46H59ClN10O4. The highest BCUT2D eigenvalue weighted by Gasteiger charge is 2.15. The third-order valence-corrected chi connectivity index (χ3v) is 10.6. The largest absolute Gasteiger partial charge is 0.396 e. The zero-order chi connectivity index (χ0) is 42.8. The minimum absolute atomic E-state index is 0.0216. The predicted octanol–water partition coefficient (Wildman–Crippen LogP) is 9.17. The van der Waals surface area contributed by atoms with Crippen LogP contribution in [-0.2, 0) is 44.9 Å². The van der Waals surface area contributed by atoms with E-state index >= 15 is 0 Å². The number of ether oxygens (including phenoxy) is 4. The van der Waals surface area contributed by atoms with E-state index in [-0.39, 0.29) is 17.9 Å². The highest BCUT2D eigenvalue weighted by molar-refractivity contribution is 6.28. The van der Waals surface area contributed by atoms with Crippen LogP contribution >= 0.6 is 11.6 Å². The minimum atomic E-state index is -0.0712. The second kappa shape index (κ2) is 23.7. The molecule has 0 spiro atoms. The van der Waals surface area contributed by atoms with Crippen LogP contribution in [0, 0.1) is 13.8 Å². The van der Waals surface area contributed by atoms with Crippen molar-refractivity contribution >= 4 is 28.9 Å². The van der Waals surface area contributed by atoms with Crippen molar-refractivity contribution in [1.29, 1.82) is 0 Å². The highest BCUT2D eigenvalue weighted by Crippen LogP contribution is 2.24. The maximum absolute atomic E-state index is 5.78. The van der Waals surface area contributed by atoms with Gasteiger partial charge in [-0.05, 0) is 123 Å². The second-order valence-electron chi connectivity index (χ2n) is 15.0. The first kappa shape index (κ1) is 45.3. The van der Waals surface area contributed by atoms with Crippen LogP contribution in [0.4, 0.5) is 17.3 Å². The quantitative estimate of drug-likeness (QED) is 0.100. The first-order chi connectivity index (χ1) is 29.8. The molecule has 6 aromatic rings. The maximum atomic E-state index is 5.78. The summed E-state index contributed by atoms with van der Waals surface area (Å²) in [6.45, 7) is 12.8. The molecule has 2 aromatic carbocycles. The molecule has 61 heavy (non-hydrogen) atoms. The lowest BCUT2D eigenvalue weighted by atomic mass is 10.0. The van der Waals surface area contributed by atoms with Crippen LogP contribution in [0.15, 0.2) is 85.7 Å². The third kappa shape index (κ3) is 14.4. The molecule has 2 saturated heterocycles. The molecule has 0 amide bonds. The van der Waals surface area contributed by atoms with Gasteiger partial charge in [0.05, 0.1) is 61.5 Å². The topological polar surface area (TPSA) is 162 Å².